The summed E-state index contributed by atoms with van der Waals surface area (Å²) in [6.07, 6.45) is -1.60. The molecule has 1 aliphatic heterocycles. The lowest BCUT2D eigenvalue weighted by Crippen LogP contribution is -2.40. The highest BCUT2D eigenvalue weighted by Crippen LogP contribution is 2.32. The first-order chi connectivity index (χ1) is 15.3. The molecule has 0 saturated carbocycles. The Balaban J connectivity index is 2.71. The Morgan fingerprint density at radius 1 is 0.939 bits per heavy atom. The number of hydrogen-bond donors (Lipinski definition) is 5. The van der Waals surface area contributed by atoms with E-state index in [-0.39, 0.29) is 38.1 Å². The predicted molar refractivity (Wildman–Crippen MR) is 110 cm³/mol. The van der Waals surface area contributed by atoms with Gasteiger partial charge in [-0.25, -0.2) is 4.79 Å². The maximum absolute atomic E-state index is 12.5. The topological polar surface area (TPSA) is 225 Å². The molecule has 33 heavy (non-hydrogen) atoms. The van der Waals surface area contributed by atoms with Crippen molar-refractivity contribution < 1.29 is 48.5 Å². The van der Waals surface area contributed by atoms with Crippen molar-refractivity contribution >= 4 is 35.8 Å². The maximum Gasteiger partial charge on any atom is 0.331 e. The highest BCUT2D eigenvalue weighted by molar-refractivity contribution is 5.90. The molecule has 1 aliphatic rings. The van der Waals surface area contributed by atoms with E-state index < -0.39 is 66.3 Å². The molecule has 184 valence electrons. The molecule has 0 aromatic heterocycles. The van der Waals surface area contributed by atoms with Crippen LogP contribution in [0, 0.1) is 11.8 Å². The Bertz CT molecular complexity index is 812. The van der Waals surface area contributed by atoms with E-state index in [1.807, 2.05) is 0 Å². The van der Waals surface area contributed by atoms with Crippen LogP contribution in [-0.4, -0.2) is 70.7 Å². The van der Waals surface area contributed by atoms with Crippen molar-refractivity contribution in [2.75, 3.05) is 6.54 Å². The number of rotatable bonds is 12. The van der Waals surface area contributed by atoms with Crippen LogP contribution in [0.25, 0.3) is 0 Å². The second kappa shape index (κ2) is 12.8. The molecule has 1 heterocycles. The van der Waals surface area contributed by atoms with Gasteiger partial charge in [-0.1, -0.05) is 12.2 Å². The molecule has 0 bridgehead atoms. The van der Waals surface area contributed by atoms with Crippen LogP contribution < -0.4 is 16.8 Å². The number of nitrogens with one attached hydrogen (secondary N) is 1. The zero-order valence-electron chi connectivity index (χ0n) is 18.2. The molecule has 0 amide bonds. The predicted octanol–water partition coefficient (Wildman–Crippen LogP) is -1.32. The summed E-state index contributed by atoms with van der Waals surface area (Å²) in [4.78, 5) is 69.8. The molecule has 0 aromatic carbocycles. The van der Waals surface area contributed by atoms with Gasteiger partial charge in [-0.3, -0.25) is 24.0 Å². The Morgan fingerprint density at radius 2 is 1.42 bits per heavy atom. The quantitative estimate of drug-likeness (QED) is 0.127. The summed E-state index contributed by atoms with van der Waals surface area (Å²) in [5, 5.41) is 20.3. The fraction of sp³-hybridized carbons (Fsp3) is 0.600. The zero-order valence-corrected chi connectivity index (χ0v) is 18.2. The van der Waals surface area contributed by atoms with E-state index in [0.29, 0.717) is 5.57 Å². The van der Waals surface area contributed by atoms with E-state index in [2.05, 4.69) is 11.9 Å². The van der Waals surface area contributed by atoms with Crippen LogP contribution >= 0.6 is 0 Å². The van der Waals surface area contributed by atoms with Crippen LogP contribution in [0.3, 0.4) is 0 Å². The fourth-order valence-corrected chi connectivity index (χ4v) is 3.28. The molecule has 1 saturated heterocycles. The minimum absolute atomic E-state index is 0.219. The second-order valence-corrected chi connectivity index (χ2v) is 7.81. The zero-order chi connectivity index (χ0) is 25.3. The monoisotopic (exact) mass is 471 g/mol. The number of hydrogen-bond acceptors (Lipinski definition) is 11. The number of nitrogens with two attached hydrogens (primary N) is 2. The largest absolute Gasteiger partial charge is 0.480 e. The summed E-state index contributed by atoms with van der Waals surface area (Å²) < 4.78 is 9.46. The summed E-state index contributed by atoms with van der Waals surface area (Å²) in [7, 11) is 0. The first-order valence-electron chi connectivity index (χ1n) is 10.2. The van der Waals surface area contributed by atoms with Gasteiger partial charge in [-0.2, -0.15) is 0 Å². The number of carbonyl (C=O) groups is 6. The van der Waals surface area contributed by atoms with Gasteiger partial charge < -0.3 is 36.5 Å². The summed E-state index contributed by atoms with van der Waals surface area (Å²) >= 11 is 0. The van der Waals surface area contributed by atoms with Crippen molar-refractivity contribution in [1.82, 2.24) is 5.32 Å². The van der Waals surface area contributed by atoms with E-state index in [1.54, 1.807) is 6.92 Å². The summed E-state index contributed by atoms with van der Waals surface area (Å²) in [5.41, 5.74) is 11.3. The molecule has 0 spiro atoms. The Kier molecular flexibility index (Phi) is 10.8. The van der Waals surface area contributed by atoms with Crippen LogP contribution in [0.1, 0.15) is 39.0 Å². The molecular weight excluding hydrogens is 442 g/mol. The van der Waals surface area contributed by atoms with Crippen molar-refractivity contribution in [2.24, 2.45) is 23.3 Å². The van der Waals surface area contributed by atoms with Crippen LogP contribution in [0.4, 0.5) is 0 Å². The van der Waals surface area contributed by atoms with E-state index >= 15 is 0 Å². The third-order valence-corrected chi connectivity index (χ3v) is 5.19. The number of carboxylic acids is 2. The SMILES string of the molecule is C=C(C)[C@H]1CN[C@H](C(=O)OC(=O)CC[C@@H](N)C(=O)O)[C@H]1CC(=O)OC(=O)CC[C@@H](N)C(=O)O. The number of carbonyl (C=O) groups excluding carboxylic acids is 4. The van der Waals surface area contributed by atoms with Crippen molar-refractivity contribution in [1.29, 1.82) is 0 Å². The van der Waals surface area contributed by atoms with Gasteiger partial charge in [0.25, 0.3) is 0 Å². The number of carboxylic acid groups (broad SMARTS) is 2. The number of aliphatic carboxylic acids is 2. The molecule has 13 heteroatoms. The van der Waals surface area contributed by atoms with Gasteiger partial charge in [0.1, 0.15) is 18.1 Å². The highest BCUT2D eigenvalue weighted by Gasteiger charge is 2.43. The molecule has 13 nitrogen and oxygen atoms in total. The summed E-state index contributed by atoms with van der Waals surface area (Å²) in [6.45, 7) is 5.77. The van der Waals surface area contributed by atoms with Gasteiger partial charge in [0.05, 0.1) is 6.42 Å². The van der Waals surface area contributed by atoms with Crippen LogP contribution in [0.2, 0.25) is 0 Å². The minimum atomic E-state index is -1.30. The average molecular weight is 471 g/mol. The number of ether oxygens (including phenoxy) is 2. The first-order valence-corrected chi connectivity index (χ1v) is 10.2. The normalized spacial score (nSPS) is 21.5. The molecule has 1 fully saturated rings. The molecule has 0 radical (unpaired) electrons. The van der Waals surface area contributed by atoms with Gasteiger partial charge >= 0.3 is 35.8 Å². The van der Waals surface area contributed by atoms with Gasteiger partial charge in [0, 0.05) is 25.3 Å². The molecular formula is C20H29N3O10. The molecule has 7 N–H and O–H groups in total. The van der Waals surface area contributed by atoms with Gasteiger partial charge in [0.15, 0.2) is 0 Å². The Morgan fingerprint density at radius 3 is 1.88 bits per heavy atom. The summed E-state index contributed by atoms with van der Waals surface area (Å²) in [5.74, 6) is -7.52. The number of esters is 4. The third-order valence-electron chi connectivity index (χ3n) is 5.19. The van der Waals surface area contributed by atoms with Crippen molar-refractivity contribution in [3.63, 3.8) is 0 Å². The Hall–Kier alpha value is -3.16. The third kappa shape index (κ3) is 9.08. The van der Waals surface area contributed by atoms with E-state index in [1.165, 1.54) is 0 Å². The minimum Gasteiger partial charge on any atom is -0.480 e. The molecule has 0 unspecified atom stereocenters. The van der Waals surface area contributed by atoms with E-state index in [0.717, 1.165) is 0 Å². The van der Waals surface area contributed by atoms with Gasteiger partial charge in [-0.05, 0) is 25.7 Å². The van der Waals surface area contributed by atoms with Crippen LogP contribution in [0.5, 0.6) is 0 Å². The Labute approximate surface area is 189 Å². The average Bonchev–Trinajstić information content (AvgIpc) is 3.13. The van der Waals surface area contributed by atoms with Crippen molar-refractivity contribution in [2.45, 2.75) is 57.2 Å². The maximum atomic E-state index is 12.5. The lowest BCUT2D eigenvalue weighted by molar-refractivity contribution is -0.162. The van der Waals surface area contributed by atoms with Crippen molar-refractivity contribution in [3.8, 4) is 0 Å². The highest BCUT2D eigenvalue weighted by atomic mass is 16.6. The lowest BCUT2D eigenvalue weighted by Gasteiger charge is -2.22. The lowest BCUT2D eigenvalue weighted by atomic mass is 9.84. The summed E-state index contributed by atoms with van der Waals surface area (Å²) in [6, 6.07) is -3.64. The van der Waals surface area contributed by atoms with Crippen molar-refractivity contribution in [3.05, 3.63) is 12.2 Å². The van der Waals surface area contributed by atoms with Crippen LogP contribution in [0.15, 0.2) is 12.2 Å². The standard InChI is InChI=1S/C20H29N3O10/c1-9(2)11-8-23-17(20(31)33-15(25)6-4-13(22)19(29)30)10(11)7-16(26)32-14(24)5-3-12(21)18(27)28/h10-13,17,23H,1,3-8,21-22H2,2H3,(H,27,28)(H,29,30)/t10-,11+,12+,13+,17-/m0/s1. The second-order valence-electron chi connectivity index (χ2n) is 7.81. The fourth-order valence-electron chi connectivity index (χ4n) is 3.28. The van der Waals surface area contributed by atoms with Gasteiger partial charge in [0.2, 0.25) is 0 Å². The molecule has 0 aromatic rings. The molecule has 5 atom stereocenters. The smallest absolute Gasteiger partial charge is 0.331 e. The molecule has 0 aliphatic carbocycles. The first kappa shape index (κ1) is 27.9. The van der Waals surface area contributed by atoms with Crippen LogP contribution in [-0.2, 0) is 38.2 Å². The molecule has 1 rings (SSSR count). The van der Waals surface area contributed by atoms with E-state index in [4.69, 9.17) is 31.2 Å². The van der Waals surface area contributed by atoms with E-state index in [9.17, 15) is 28.8 Å². The van der Waals surface area contributed by atoms with Gasteiger partial charge in [-0.15, -0.1) is 0 Å².